The van der Waals surface area contributed by atoms with E-state index in [1.54, 1.807) is 59.4 Å². The Hall–Kier alpha value is -4.15. The van der Waals surface area contributed by atoms with Gasteiger partial charge in [0.15, 0.2) is 28.8 Å². The van der Waals surface area contributed by atoms with Gasteiger partial charge >= 0.3 is 0 Å². The Morgan fingerprint density at radius 1 is 1.09 bits per heavy atom. The molecular weight excluding hydrogens is 443 g/mol. The molecule has 2 aromatic heterocycles. The quantitative estimate of drug-likeness (QED) is 0.555. The summed E-state index contributed by atoms with van der Waals surface area (Å²) in [5, 5.41) is 5.86. The van der Waals surface area contributed by atoms with Crippen LogP contribution in [0.2, 0.25) is 0 Å². The van der Waals surface area contributed by atoms with Crippen LogP contribution in [0, 0.1) is 12.7 Å². The molecule has 0 fully saturated rings. The maximum atomic E-state index is 14.5. The lowest BCUT2D eigenvalue weighted by Gasteiger charge is -2.36. The minimum Gasteiger partial charge on any atom is -0.496 e. The van der Waals surface area contributed by atoms with E-state index >= 15 is 0 Å². The van der Waals surface area contributed by atoms with E-state index in [-0.39, 0.29) is 23.5 Å². The number of carbonyl (C=O) groups excluding carboxylic acids is 1. The SMILES string of the molecule is COc1cc(Nc2ncc(F)c(Nc3ccc4c(n3)N(C)C(=O)C(C)(C)O4)n2)cc(OC)c1C. The average molecular weight is 468 g/mol. The highest BCUT2D eigenvalue weighted by molar-refractivity contribution is 6.01. The third kappa shape index (κ3) is 4.24. The van der Waals surface area contributed by atoms with Crippen molar-refractivity contribution in [2.24, 2.45) is 0 Å². The van der Waals surface area contributed by atoms with Crippen molar-refractivity contribution in [2.75, 3.05) is 36.8 Å². The molecule has 2 N–H and O–H groups in total. The molecule has 0 radical (unpaired) electrons. The molecule has 0 unspecified atom stereocenters. The highest BCUT2D eigenvalue weighted by atomic mass is 19.1. The van der Waals surface area contributed by atoms with Crippen LogP contribution in [-0.2, 0) is 4.79 Å². The molecule has 1 aliphatic heterocycles. The zero-order valence-electron chi connectivity index (χ0n) is 19.7. The van der Waals surface area contributed by atoms with Crippen LogP contribution >= 0.6 is 0 Å². The normalized spacial score (nSPS) is 14.2. The summed E-state index contributed by atoms with van der Waals surface area (Å²) >= 11 is 0. The molecule has 3 aromatic rings. The van der Waals surface area contributed by atoms with Gasteiger partial charge in [0.2, 0.25) is 5.95 Å². The molecule has 3 heterocycles. The first-order valence-corrected chi connectivity index (χ1v) is 10.4. The number of halogens is 1. The minimum atomic E-state index is -1.00. The van der Waals surface area contributed by atoms with E-state index in [1.807, 2.05) is 6.92 Å². The molecule has 0 saturated carbocycles. The van der Waals surface area contributed by atoms with Gasteiger partial charge in [-0.25, -0.2) is 14.4 Å². The number of methoxy groups -OCH3 is 2. The molecule has 10 nitrogen and oxygen atoms in total. The smallest absolute Gasteiger partial charge is 0.271 e. The Morgan fingerprint density at radius 3 is 2.41 bits per heavy atom. The van der Waals surface area contributed by atoms with Crippen molar-refractivity contribution >= 4 is 35.0 Å². The third-order valence-electron chi connectivity index (χ3n) is 5.34. The van der Waals surface area contributed by atoms with E-state index in [9.17, 15) is 9.18 Å². The molecule has 1 aliphatic rings. The second kappa shape index (κ2) is 8.65. The number of benzene rings is 1. The van der Waals surface area contributed by atoms with Gasteiger partial charge in [-0.3, -0.25) is 9.69 Å². The molecule has 1 amide bonds. The molecule has 178 valence electrons. The van der Waals surface area contributed by atoms with Crippen LogP contribution in [0.4, 0.5) is 33.5 Å². The van der Waals surface area contributed by atoms with Crippen LogP contribution in [0.15, 0.2) is 30.5 Å². The molecule has 0 aliphatic carbocycles. The van der Waals surface area contributed by atoms with Crippen LogP contribution in [0.5, 0.6) is 17.2 Å². The van der Waals surface area contributed by atoms with E-state index in [0.717, 1.165) is 11.8 Å². The minimum absolute atomic E-state index is 0.0953. The number of nitrogens with zero attached hydrogens (tertiary/aromatic N) is 4. The lowest BCUT2D eigenvalue weighted by atomic mass is 10.1. The van der Waals surface area contributed by atoms with E-state index in [1.165, 1.54) is 4.90 Å². The maximum Gasteiger partial charge on any atom is 0.271 e. The monoisotopic (exact) mass is 468 g/mol. The maximum absolute atomic E-state index is 14.5. The first kappa shape index (κ1) is 23.0. The summed E-state index contributed by atoms with van der Waals surface area (Å²) in [7, 11) is 4.73. The van der Waals surface area contributed by atoms with Crippen LogP contribution in [0.1, 0.15) is 19.4 Å². The molecule has 0 spiro atoms. The largest absolute Gasteiger partial charge is 0.496 e. The Morgan fingerprint density at radius 2 is 1.76 bits per heavy atom. The Labute approximate surface area is 196 Å². The summed E-state index contributed by atoms with van der Waals surface area (Å²) in [5.74, 6) is 1.41. The van der Waals surface area contributed by atoms with Crippen molar-refractivity contribution in [3.63, 3.8) is 0 Å². The van der Waals surface area contributed by atoms with Crippen molar-refractivity contribution in [1.29, 1.82) is 0 Å². The van der Waals surface area contributed by atoms with Crippen molar-refractivity contribution in [3.8, 4) is 17.2 Å². The van der Waals surface area contributed by atoms with Crippen LogP contribution in [0.3, 0.4) is 0 Å². The number of rotatable bonds is 6. The summed E-state index contributed by atoms with van der Waals surface area (Å²) in [5.41, 5.74) is 0.440. The fourth-order valence-corrected chi connectivity index (χ4v) is 3.57. The lowest BCUT2D eigenvalue weighted by molar-refractivity contribution is -0.132. The summed E-state index contributed by atoms with van der Waals surface area (Å²) in [4.78, 5) is 26.5. The number of aromatic nitrogens is 3. The number of likely N-dealkylation sites (N-methyl/N-ethyl adjacent to an activating group) is 1. The van der Waals surface area contributed by atoms with Crippen molar-refractivity contribution in [1.82, 2.24) is 15.0 Å². The highest BCUT2D eigenvalue weighted by Crippen LogP contribution is 2.37. The van der Waals surface area contributed by atoms with E-state index in [0.29, 0.717) is 28.8 Å². The summed E-state index contributed by atoms with van der Waals surface area (Å²) in [6.07, 6.45) is 1.04. The molecule has 4 rings (SSSR count). The zero-order chi connectivity index (χ0) is 24.6. The Balaban J connectivity index is 1.60. The van der Waals surface area contributed by atoms with Crippen LogP contribution < -0.4 is 29.7 Å². The fourth-order valence-electron chi connectivity index (χ4n) is 3.57. The van der Waals surface area contributed by atoms with Gasteiger partial charge in [0, 0.05) is 30.4 Å². The third-order valence-corrected chi connectivity index (χ3v) is 5.34. The number of nitrogens with one attached hydrogen (secondary N) is 2. The second-order valence-corrected chi connectivity index (χ2v) is 8.14. The Bertz CT molecular complexity index is 1240. The lowest BCUT2D eigenvalue weighted by Crippen LogP contribution is -2.51. The number of ether oxygens (including phenoxy) is 3. The number of hydrogen-bond acceptors (Lipinski definition) is 9. The zero-order valence-corrected chi connectivity index (χ0v) is 19.7. The number of hydrogen-bond donors (Lipinski definition) is 2. The molecule has 0 atom stereocenters. The van der Waals surface area contributed by atoms with Gasteiger partial charge in [0.1, 0.15) is 17.3 Å². The second-order valence-electron chi connectivity index (χ2n) is 8.14. The van der Waals surface area contributed by atoms with Gasteiger partial charge in [0.05, 0.1) is 20.4 Å². The van der Waals surface area contributed by atoms with Gasteiger partial charge in [-0.2, -0.15) is 4.98 Å². The number of anilines is 5. The summed E-state index contributed by atoms with van der Waals surface area (Å²) in [6, 6.07) is 6.80. The van der Waals surface area contributed by atoms with Gasteiger partial charge in [-0.15, -0.1) is 0 Å². The summed E-state index contributed by atoms with van der Waals surface area (Å²) < 4.78 is 31.0. The van der Waals surface area contributed by atoms with Gasteiger partial charge in [-0.05, 0) is 32.9 Å². The first-order chi connectivity index (χ1) is 16.1. The number of carbonyl (C=O) groups is 1. The molecule has 0 saturated heterocycles. The fraction of sp³-hybridized carbons (Fsp3) is 0.304. The number of pyridine rings is 1. The van der Waals surface area contributed by atoms with E-state index in [2.05, 4.69) is 25.6 Å². The molecule has 1 aromatic carbocycles. The van der Waals surface area contributed by atoms with Crippen LogP contribution in [-0.4, -0.2) is 47.7 Å². The first-order valence-electron chi connectivity index (χ1n) is 10.4. The molecule has 11 heteroatoms. The molecule has 0 bridgehead atoms. The average Bonchev–Trinajstić information content (AvgIpc) is 2.81. The molecule has 34 heavy (non-hydrogen) atoms. The predicted molar refractivity (Wildman–Crippen MR) is 125 cm³/mol. The highest BCUT2D eigenvalue weighted by Gasteiger charge is 2.40. The van der Waals surface area contributed by atoms with Crippen molar-refractivity contribution in [3.05, 3.63) is 41.8 Å². The van der Waals surface area contributed by atoms with Crippen molar-refractivity contribution in [2.45, 2.75) is 26.4 Å². The Kier molecular flexibility index (Phi) is 5.86. The van der Waals surface area contributed by atoms with E-state index < -0.39 is 11.4 Å². The number of fused-ring (bicyclic) bond motifs is 1. The van der Waals surface area contributed by atoms with Gasteiger partial charge in [-0.1, -0.05) is 0 Å². The predicted octanol–water partition coefficient (Wildman–Crippen LogP) is 3.96. The van der Waals surface area contributed by atoms with Crippen molar-refractivity contribution < 1.29 is 23.4 Å². The molecular formula is C23H25FN6O4. The van der Waals surface area contributed by atoms with E-state index in [4.69, 9.17) is 14.2 Å². The standard InChI is InChI=1S/C23H25FN6O4/c1-12-16(32-5)9-13(10-17(12)33-6)26-22-25-11-14(24)19(29-22)27-18-8-7-15-20(28-18)30(4)21(31)23(2,3)34-15/h7-11H,1-6H3,(H2,25,26,27,28,29). The van der Waals surface area contributed by atoms with Crippen LogP contribution in [0.25, 0.3) is 0 Å². The topological polar surface area (TPSA) is 111 Å². The van der Waals surface area contributed by atoms with Gasteiger partial charge in [0.25, 0.3) is 5.91 Å². The summed E-state index contributed by atoms with van der Waals surface area (Å²) in [6.45, 7) is 5.25. The number of amides is 1. The van der Waals surface area contributed by atoms with Gasteiger partial charge < -0.3 is 24.8 Å².